The topological polar surface area (TPSA) is 29.1 Å². The number of rotatable bonds is 5. The van der Waals surface area contributed by atoms with Crippen LogP contribution in [0.3, 0.4) is 0 Å². The number of nitrogens with one attached hydrogen (secondary N) is 1. The zero-order valence-electron chi connectivity index (χ0n) is 11.5. The maximum Gasteiger partial charge on any atom is 0.143 e. The number of carbonyl (C=O) groups is 1. The summed E-state index contributed by atoms with van der Waals surface area (Å²) in [5, 5.41) is 4.07. The first-order valence-electron chi connectivity index (χ1n) is 7.19. The van der Waals surface area contributed by atoms with Crippen LogP contribution in [0.15, 0.2) is 24.3 Å². The summed E-state index contributed by atoms with van der Waals surface area (Å²) >= 11 is 6.11. The van der Waals surface area contributed by atoms with Crippen LogP contribution >= 0.6 is 11.6 Å². The van der Waals surface area contributed by atoms with Gasteiger partial charge in [-0.3, -0.25) is 4.79 Å². The Morgan fingerprint density at radius 3 is 2.74 bits per heavy atom. The van der Waals surface area contributed by atoms with E-state index in [9.17, 15) is 4.79 Å². The Bertz CT molecular complexity index is 438. The van der Waals surface area contributed by atoms with Crippen LogP contribution in [0.2, 0.25) is 5.02 Å². The standard InChI is InChI=1S/C16H22ClNO/c1-2-3-7-15(19)16(8-10-18-11-9-16)13-5-4-6-14(17)12-13/h4-6,12,18H,2-3,7-11H2,1H3. The number of carbonyl (C=O) groups excluding carboxylic acids is 1. The molecule has 1 N–H and O–H groups in total. The molecule has 0 amide bonds. The molecule has 0 aromatic heterocycles. The second kappa shape index (κ2) is 6.53. The van der Waals surface area contributed by atoms with E-state index in [2.05, 4.69) is 18.3 Å². The molecule has 1 fully saturated rings. The third kappa shape index (κ3) is 3.18. The molecular weight excluding hydrogens is 258 g/mol. The van der Waals surface area contributed by atoms with Crippen molar-refractivity contribution in [3.8, 4) is 0 Å². The lowest BCUT2D eigenvalue weighted by atomic mass is 9.69. The highest BCUT2D eigenvalue weighted by atomic mass is 35.5. The summed E-state index contributed by atoms with van der Waals surface area (Å²) in [5.41, 5.74) is 0.785. The number of hydrogen-bond acceptors (Lipinski definition) is 2. The van der Waals surface area contributed by atoms with Gasteiger partial charge in [-0.2, -0.15) is 0 Å². The Balaban J connectivity index is 2.31. The van der Waals surface area contributed by atoms with Crippen LogP contribution in [-0.4, -0.2) is 18.9 Å². The van der Waals surface area contributed by atoms with Crippen LogP contribution in [0.4, 0.5) is 0 Å². The van der Waals surface area contributed by atoms with Crippen molar-refractivity contribution in [3.63, 3.8) is 0 Å². The molecule has 0 saturated carbocycles. The molecule has 2 nitrogen and oxygen atoms in total. The maximum absolute atomic E-state index is 12.7. The molecule has 1 heterocycles. The molecule has 1 saturated heterocycles. The van der Waals surface area contributed by atoms with E-state index >= 15 is 0 Å². The van der Waals surface area contributed by atoms with Gasteiger partial charge in [0.05, 0.1) is 5.41 Å². The molecule has 0 aliphatic carbocycles. The molecule has 2 rings (SSSR count). The molecular formula is C16H22ClNO. The van der Waals surface area contributed by atoms with E-state index in [1.54, 1.807) is 0 Å². The van der Waals surface area contributed by atoms with Crippen LogP contribution in [0, 0.1) is 0 Å². The summed E-state index contributed by atoms with van der Waals surface area (Å²) < 4.78 is 0. The Hall–Kier alpha value is -0.860. The average Bonchev–Trinajstić information content (AvgIpc) is 2.45. The Kier molecular flexibility index (Phi) is 5.00. The highest BCUT2D eigenvalue weighted by molar-refractivity contribution is 6.30. The lowest BCUT2D eigenvalue weighted by molar-refractivity contribution is -0.125. The first-order valence-corrected chi connectivity index (χ1v) is 7.57. The lowest BCUT2D eigenvalue weighted by Crippen LogP contribution is -2.45. The number of ketones is 1. The minimum absolute atomic E-state index is 0.314. The summed E-state index contributed by atoms with van der Waals surface area (Å²) in [4.78, 5) is 12.7. The first kappa shape index (κ1) is 14.5. The smallest absolute Gasteiger partial charge is 0.143 e. The molecule has 0 radical (unpaired) electrons. The number of benzene rings is 1. The first-order chi connectivity index (χ1) is 9.19. The van der Waals surface area contributed by atoms with Gasteiger partial charge in [0.25, 0.3) is 0 Å². The van der Waals surface area contributed by atoms with Crippen molar-refractivity contribution in [2.24, 2.45) is 0 Å². The van der Waals surface area contributed by atoms with Gasteiger partial charge in [0, 0.05) is 11.4 Å². The van der Waals surface area contributed by atoms with E-state index < -0.39 is 0 Å². The van der Waals surface area contributed by atoms with Crippen molar-refractivity contribution < 1.29 is 4.79 Å². The molecule has 0 bridgehead atoms. The summed E-state index contributed by atoms with van der Waals surface area (Å²) in [5.74, 6) is 0.387. The van der Waals surface area contributed by atoms with Crippen LogP contribution in [0.25, 0.3) is 0 Å². The fourth-order valence-corrected chi connectivity index (χ4v) is 3.14. The minimum atomic E-state index is -0.314. The number of Topliss-reactive ketones (excluding diaryl/α,β-unsaturated/α-hetero) is 1. The van der Waals surface area contributed by atoms with Gasteiger partial charge in [-0.1, -0.05) is 37.1 Å². The maximum atomic E-state index is 12.7. The van der Waals surface area contributed by atoms with E-state index in [0.29, 0.717) is 12.2 Å². The van der Waals surface area contributed by atoms with E-state index in [0.717, 1.165) is 49.4 Å². The molecule has 104 valence electrons. The van der Waals surface area contributed by atoms with Crippen molar-refractivity contribution in [2.45, 2.75) is 44.4 Å². The van der Waals surface area contributed by atoms with Gasteiger partial charge in [0.1, 0.15) is 5.78 Å². The fourth-order valence-electron chi connectivity index (χ4n) is 2.94. The van der Waals surface area contributed by atoms with E-state index in [1.807, 2.05) is 18.2 Å². The zero-order chi connectivity index (χ0) is 13.7. The number of hydrogen-bond donors (Lipinski definition) is 1. The number of piperidine rings is 1. The summed E-state index contributed by atoms with van der Waals surface area (Å²) in [6, 6.07) is 7.85. The van der Waals surface area contributed by atoms with Gasteiger partial charge < -0.3 is 5.32 Å². The molecule has 3 heteroatoms. The molecule has 1 aromatic carbocycles. The van der Waals surface area contributed by atoms with Crippen LogP contribution in [0.1, 0.15) is 44.6 Å². The number of halogens is 1. The molecule has 19 heavy (non-hydrogen) atoms. The van der Waals surface area contributed by atoms with Crippen LogP contribution < -0.4 is 5.32 Å². The van der Waals surface area contributed by atoms with E-state index in [1.165, 1.54) is 0 Å². The predicted molar refractivity (Wildman–Crippen MR) is 79.8 cm³/mol. The third-order valence-corrected chi connectivity index (χ3v) is 4.36. The molecule has 1 aliphatic heterocycles. The molecule has 0 atom stereocenters. The largest absolute Gasteiger partial charge is 0.317 e. The van der Waals surface area contributed by atoms with Gasteiger partial charge in [-0.05, 0) is 50.0 Å². The van der Waals surface area contributed by atoms with Crippen molar-refractivity contribution >= 4 is 17.4 Å². The quantitative estimate of drug-likeness (QED) is 0.890. The van der Waals surface area contributed by atoms with Gasteiger partial charge >= 0.3 is 0 Å². The SMILES string of the molecule is CCCCC(=O)C1(c2cccc(Cl)c2)CCNCC1. The summed E-state index contributed by atoms with van der Waals surface area (Å²) in [7, 11) is 0. The Morgan fingerprint density at radius 2 is 2.11 bits per heavy atom. The predicted octanol–water partition coefficient (Wildman–Crippen LogP) is 3.72. The molecule has 1 aliphatic rings. The molecule has 0 spiro atoms. The monoisotopic (exact) mass is 279 g/mol. The zero-order valence-corrected chi connectivity index (χ0v) is 12.3. The normalized spacial score (nSPS) is 18.2. The lowest BCUT2D eigenvalue weighted by Gasteiger charge is -2.37. The Morgan fingerprint density at radius 1 is 1.37 bits per heavy atom. The number of unbranched alkanes of at least 4 members (excludes halogenated alkanes) is 1. The van der Waals surface area contributed by atoms with Gasteiger partial charge in [0.2, 0.25) is 0 Å². The van der Waals surface area contributed by atoms with E-state index in [-0.39, 0.29) is 5.41 Å². The van der Waals surface area contributed by atoms with Gasteiger partial charge in [-0.15, -0.1) is 0 Å². The van der Waals surface area contributed by atoms with Gasteiger partial charge in [0.15, 0.2) is 0 Å². The summed E-state index contributed by atoms with van der Waals surface area (Å²) in [6.45, 7) is 3.94. The van der Waals surface area contributed by atoms with Crippen molar-refractivity contribution in [1.82, 2.24) is 5.32 Å². The molecule has 1 aromatic rings. The van der Waals surface area contributed by atoms with Crippen LogP contribution in [0.5, 0.6) is 0 Å². The minimum Gasteiger partial charge on any atom is -0.317 e. The van der Waals surface area contributed by atoms with Crippen LogP contribution in [-0.2, 0) is 10.2 Å². The van der Waals surface area contributed by atoms with Gasteiger partial charge in [-0.25, -0.2) is 0 Å². The summed E-state index contributed by atoms with van der Waals surface area (Å²) in [6.07, 6.45) is 4.50. The van der Waals surface area contributed by atoms with Crippen molar-refractivity contribution in [3.05, 3.63) is 34.9 Å². The van der Waals surface area contributed by atoms with E-state index in [4.69, 9.17) is 11.6 Å². The third-order valence-electron chi connectivity index (χ3n) is 4.13. The average molecular weight is 280 g/mol. The van der Waals surface area contributed by atoms with Crippen molar-refractivity contribution in [2.75, 3.05) is 13.1 Å². The fraction of sp³-hybridized carbons (Fsp3) is 0.562. The second-order valence-corrected chi connectivity index (χ2v) is 5.81. The van der Waals surface area contributed by atoms with Crippen molar-refractivity contribution in [1.29, 1.82) is 0 Å². The second-order valence-electron chi connectivity index (χ2n) is 5.37. The Labute approximate surface area is 120 Å². The molecule has 0 unspecified atom stereocenters. The highest BCUT2D eigenvalue weighted by Gasteiger charge is 2.40. The highest BCUT2D eigenvalue weighted by Crippen LogP contribution is 2.37.